The van der Waals surface area contributed by atoms with Crippen molar-refractivity contribution in [2.24, 2.45) is 12.2 Å². The van der Waals surface area contributed by atoms with E-state index in [2.05, 4.69) is 19.9 Å². The number of fused-ring (bicyclic) bond motifs is 1. The van der Waals surface area contributed by atoms with Crippen LogP contribution in [0.25, 0.3) is 11.0 Å². The van der Waals surface area contributed by atoms with Gasteiger partial charge in [-0.1, -0.05) is 0 Å². The summed E-state index contributed by atoms with van der Waals surface area (Å²) in [6, 6.07) is 3.31. The molecule has 0 aromatic carbocycles. The number of nitrogens with zero attached hydrogens (tertiary/aromatic N) is 5. The van der Waals surface area contributed by atoms with Crippen LogP contribution >= 0.6 is 0 Å². The van der Waals surface area contributed by atoms with Gasteiger partial charge in [-0.25, -0.2) is 23.5 Å². The number of piperazine rings is 1. The molecule has 11 heteroatoms. The first kappa shape index (κ1) is 18.1. The van der Waals surface area contributed by atoms with Gasteiger partial charge in [-0.3, -0.25) is 4.79 Å². The maximum atomic E-state index is 13.3. The van der Waals surface area contributed by atoms with Gasteiger partial charge >= 0.3 is 0 Å². The summed E-state index contributed by atoms with van der Waals surface area (Å²) >= 11 is 0. The van der Waals surface area contributed by atoms with E-state index in [4.69, 9.17) is 5.14 Å². The van der Waals surface area contributed by atoms with Crippen LogP contribution in [0, 0.1) is 0 Å². The normalized spacial score (nSPS) is 18.6. The van der Waals surface area contributed by atoms with Gasteiger partial charge in [-0.15, -0.1) is 0 Å². The molecule has 0 radical (unpaired) electrons. The monoisotopic (exact) mass is 415 g/mol. The molecule has 1 amide bonds. The van der Waals surface area contributed by atoms with Gasteiger partial charge < -0.3 is 19.4 Å². The van der Waals surface area contributed by atoms with Gasteiger partial charge in [-0.05, 0) is 25.0 Å². The van der Waals surface area contributed by atoms with Crippen LogP contribution in [0.5, 0.6) is 0 Å². The Bertz CT molecular complexity index is 1230. The van der Waals surface area contributed by atoms with Crippen LogP contribution in [0.4, 0.5) is 5.82 Å². The van der Waals surface area contributed by atoms with Gasteiger partial charge in [0.25, 0.3) is 5.91 Å². The molecule has 10 nitrogen and oxygen atoms in total. The van der Waals surface area contributed by atoms with Crippen LogP contribution < -0.4 is 10.0 Å². The number of anilines is 1. The van der Waals surface area contributed by atoms with E-state index >= 15 is 0 Å². The number of aromatic amines is 1. The van der Waals surface area contributed by atoms with Crippen molar-refractivity contribution in [1.29, 1.82) is 0 Å². The van der Waals surface area contributed by atoms with E-state index in [0.29, 0.717) is 25.3 Å². The highest BCUT2D eigenvalue weighted by Crippen LogP contribution is 2.46. The van der Waals surface area contributed by atoms with Crippen molar-refractivity contribution < 1.29 is 13.2 Å². The van der Waals surface area contributed by atoms with Crippen molar-refractivity contribution in [3.8, 4) is 0 Å². The number of aromatic nitrogens is 4. The van der Waals surface area contributed by atoms with Crippen molar-refractivity contribution in [1.82, 2.24) is 24.4 Å². The number of primary sulfonamides is 1. The minimum atomic E-state index is -3.86. The molecule has 2 aliphatic rings. The lowest BCUT2D eigenvalue weighted by Gasteiger charge is -2.42. The predicted molar refractivity (Wildman–Crippen MR) is 106 cm³/mol. The molecule has 0 atom stereocenters. The Morgan fingerprint density at radius 3 is 2.76 bits per heavy atom. The van der Waals surface area contributed by atoms with Crippen LogP contribution in [0.15, 0.2) is 35.7 Å². The second kappa shape index (κ2) is 6.04. The zero-order chi connectivity index (χ0) is 20.4. The Balaban J connectivity index is 1.43. The topological polar surface area (TPSA) is 130 Å². The number of carbonyl (C=O) groups excluding carboxylic acids is 1. The fourth-order valence-corrected chi connectivity index (χ4v) is 4.78. The first-order chi connectivity index (χ1) is 13.8. The second-order valence-electron chi connectivity index (χ2n) is 7.76. The summed E-state index contributed by atoms with van der Waals surface area (Å²) in [5.41, 5.74) is 0.857. The molecule has 1 saturated carbocycles. The maximum absolute atomic E-state index is 13.3. The standard InChI is InChI=1S/C18H21N7O3S/c1-23-9-12(29(19,27)28)8-14(23)17(26)25-7-6-24(10-18(25)3-4-18)16-13-2-5-20-15(13)21-11-22-16/h2,5,8-9,11H,3-4,6-7,10H2,1H3,(H2,19,27,28)(H,20,21,22). The summed E-state index contributed by atoms with van der Waals surface area (Å²) in [7, 11) is -2.20. The van der Waals surface area contributed by atoms with E-state index in [1.165, 1.54) is 16.8 Å². The molecule has 1 spiro atoms. The Hall–Kier alpha value is -2.92. The van der Waals surface area contributed by atoms with E-state index in [1.807, 2.05) is 17.2 Å². The molecule has 2 fully saturated rings. The molecule has 0 bridgehead atoms. The molecule has 29 heavy (non-hydrogen) atoms. The molecule has 3 aromatic heterocycles. The third-order valence-corrected chi connectivity index (χ3v) is 6.76. The predicted octanol–water partition coefficient (Wildman–Crippen LogP) is 0.439. The van der Waals surface area contributed by atoms with Gasteiger partial charge in [0.1, 0.15) is 28.4 Å². The van der Waals surface area contributed by atoms with Gasteiger partial charge in [0.15, 0.2) is 0 Å². The van der Waals surface area contributed by atoms with Gasteiger partial charge in [-0.2, -0.15) is 0 Å². The third kappa shape index (κ3) is 2.88. The number of H-pyrrole nitrogens is 1. The fourth-order valence-electron chi connectivity index (χ4n) is 4.20. The smallest absolute Gasteiger partial charge is 0.271 e. The Kier molecular flexibility index (Phi) is 3.77. The number of aryl methyl sites for hydroxylation is 1. The molecule has 1 saturated heterocycles. The van der Waals surface area contributed by atoms with E-state index in [0.717, 1.165) is 29.7 Å². The molecule has 1 aliphatic carbocycles. The Morgan fingerprint density at radius 1 is 1.28 bits per heavy atom. The van der Waals surface area contributed by atoms with E-state index in [-0.39, 0.29) is 16.3 Å². The molecule has 0 unspecified atom stereocenters. The minimum absolute atomic E-state index is 0.0531. The highest BCUT2D eigenvalue weighted by molar-refractivity contribution is 7.89. The summed E-state index contributed by atoms with van der Waals surface area (Å²) in [6.07, 6.45) is 6.58. The number of nitrogens with two attached hydrogens (primary N) is 1. The number of nitrogens with one attached hydrogen (secondary N) is 1. The van der Waals surface area contributed by atoms with Crippen LogP contribution in [0.3, 0.4) is 0 Å². The van der Waals surface area contributed by atoms with E-state index in [1.54, 1.807) is 13.4 Å². The van der Waals surface area contributed by atoms with Gasteiger partial charge in [0, 0.05) is 39.1 Å². The lowest BCUT2D eigenvalue weighted by atomic mass is 10.1. The first-order valence-electron chi connectivity index (χ1n) is 9.33. The number of amides is 1. The summed E-state index contributed by atoms with van der Waals surface area (Å²) in [5, 5.41) is 6.18. The third-order valence-electron chi connectivity index (χ3n) is 5.88. The second-order valence-corrected chi connectivity index (χ2v) is 9.32. The summed E-state index contributed by atoms with van der Waals surface area (Å²) in [4.78, 5) is 29.1. The number of rotatable bonds is 3. The molecule has 4 heterocycles. The molecule has 5 rings (SSSR count). The highest BCUT2D eigenvalue weighted by atomic mass is 32.2. The quantitative estimate of drug-likeness (QED) is 0.638. The van der Waals surface area contributed by atoms with Gasteiger partial charge in [0.05, 0.1) is 10.9 Å². The number of hydrogen-bond donors (Lipinski definition) is 2. The molecule has 1 aliphatic heterocycles. The molecular weight excluding hydrogens is 394 g/mol. The molecule has 152 valence electrons. The van der Waals surface area contributed by atoms with Gasteiger partial charge in [0.2, 0.25) is 10.0 Å². The lowest BCUT2D eigenvalue weighted by molar-refractivity contribution is 0.0614. The minimum Gasteiger partial charge on any atom is -0.352 e. The summed E-state index contributed by atoms with van der Waals surface area (Å²) in [6.45, 7) is 1.85. The number of carbonyl (C=O) groups is 1. The lowest BCUT2D eigenvalue weighted by Crippen LogP contribution is -2.57. The van der Waals surface area contributed by atoms with Crippen molar-refractivity contribution in [3.05, 3.63) is 36.5 Å². The SMILES string of the molecule is Cn1cc(S(N)(=O)=O)cc1C(=O)N1CCN(c2ncnc3[nH]ccc23)CC12CC2. The summed E-state index contributed by atoms with van der Waals surface area (Å²) in [5.74, 6) is 0.694. The van der Waals surface area contributed by atoms with E-state index in [9.17, 15) is 13.2 Å². The fraction of sp³-hybridized carbons (Fsp3) is 0.389. The van der Waals surface area contributed by atoms with Crippen LogP contribution in [-0.4, -0.2) is 63.9 Å². The summed E-state index contributed by atoms with van der Waals surface area (Å²) < 4.78 is 24.8. The Labute approximate surface area is 167 Å². The van der Waals surface area contributed by atoms with Crippen molar-refractivity contribution >= 4 is 32.8 Å². The molecule has 3 aromatic rings. The van der Waals surface area contributed by atoms with Crippen LogP contribution in [0.1, 0.15) is 23.3 Å². The van der Waals surface area contributed by atoms with E-state index < -0.39 is 10.0 Å². The number of hydrogen-bond acceptors (Lipinski definition) is 6. The Morgan fingerprint density at radius 2 is 2.07 bits per heavy atom. The maximum Gasteiger partial charge on any atom is 0.271 e. The van der Waals surface area contributed by atoms with Crippen molar-refractivity contribution in [2.45, 2.75) is 23.3 Å². The molecular formula is C18H21N7O3S. The number of sulfonamides is 1. The zero-order valence-electron chi connectivity index (χ0n) is 15.9. The van der Waals surface area contributed by atoms with Crippen molar-refractivity contribution in [3.63, 3.8) is 0 Å². The van der Waals surface area contributed by atoms with Crippen LogP contribution in [0.2, 0.25) is 0 Å². The largest absolute Gasteiger partial charge is 0.352 e. The zero-order valence-corrected chi connectivity index (χ0v) is 16.7. The van der Waals surface area contributed by atoms with Crippen molar-refractivity contribution in [2.75, 3.05) is 24.5 Å². The highest BCUT2D eigenvalue weighted by Gasteiger charge is 2.54. The van der Waals surface area contributed by atoms with Crippen LogP contribution in [-0.2, 0) is 17.1 Å². The average molecular weight is 415 g/mol. The average Bonchev–Trinajstić information content (AvgIpc) is 3.10. The first-order valence-corrected chi connectivity index (χ1v) is 10.9. The molecule has 3 N–H and O–H groups in total.